The molecule has 0 aliphatic heterocycles. The smallest absolute Gasteiger partial charge is 0.293 e. The van der Waals surface area contributed by atoms with E-state index in [1.165, 1.54) is 56.9 Å². The molecule has 0 aromatic rings. The van der Waals surface area contributed by atoms with Gasteiger partial charge in [-0.05, 0) is 43.6 Å². The van der Waals surface area contributed by atoms with Crippen LogP contribution in [-0.4, -0.2) is 13.1 Å². The molecular weight excluding hydrogens is 284 g/mol. The van der Waals surface area contributed by atoms with Crippen LogP contribution in [0.25, 0.3) is 0 Å². The lowest BCUT2D eigenvalue weighted by molar-refractivity contribution is -0.127. The molecule has 0 amide bonds. The Hall–Kier alpha value is -0.790. The van der Waals surface area contributed by atoms with Gasteiger partial charge in [0.15, 0.2) is 0 Å². The maximum atomic E-state index is 10.1. The summed E-state index contributed by atoms with van der Waals surface area (Å²) in [6.45, 7) is 12.5. The topological polar surface area (TPSA) is 26.3 Å². The van der Waals surface area contributed by atoms with Crippen LogP contribution in [0.4, 0.5) is 0 Å². The summed E-state index contributed by atoms with van der Waals surface area (Å²) in [6, 6.07) is 0. The van der Waals surface area contributed by atoms with Crippen molar-refractivity contribution >= 4 is 6.47 Å². The molecule has 0 aromatic carbocycles. The molecule has 0 bridgehead atoms. The van der Waals surface area contributed by atoms with E-state index < -0.39 is 0 Å². The Morgan fingerprint density at radius 2 is 1.39 bits per heavy atom. The van der Waals surface area contributed by atoms with Crippen LogP contribution < -0.4 is 0 Å². The molecule has 0 rings (SSSR count). The van der Waals surface area contributed by atoms with Gasteiger partial charge in [-0.2, -0.15) is 0 Å². The molecule has 2 heteroatoms. The van der Waals surface area contributed by atoms with Crippen molar-refractivity contribution in [3.05, 3.63) is 11.6 Å². The Kier molecular flexibility index (Phi) is 14.3. The average molecular weight is 325 g/mol. The quantitative estimate of drug-likeness (QED) is 0.194. The van der Waals surface area contributed by atoms with Gasteiger partial charge in [-0.1, -0.05) is 78.2 Å². The van der Waals surface area contributed by atoms with Crippen molar-refractivity contribution in [1.29, 1.82) is 0 Å². The SMILES string of the molecule is C/C(=C\COC=O)CCC[C@H](C)CCC[C@H](C)CCCC(C)C. The summed E-state index contributed by atoms with van der Waals surface area (Å²) in [5, 5.41) is 0. The number of hydrogen-bond acceptors (Lipinski definition) is 2. The molecule has 136 valence electrons. The number of hydrogen-bond donors (Lipinski definition) is 0. The highest BCUT2D eigenvalue weighted by Gasteiger charge is 2.06. The minimum Gasteiger partial charge on any atom is -0.464 e. The summed E-state index contributed by atoms with van der Waals surface area (Å²) in [6.07, 6.45) is 14.0. The molecule has 0 saturated carbocycles. The van der Waals surface area contributed by atoms with E-state index in [2.05, 4.69) is 34.6 Å². The summed E-state index contributed by atoms with van der Waals surface area (Å²) in [5.41, 5.74) is 1.33. The number of carbonyl (C=O) groups is 1. The van der Waals surface area contributed by atoms with Gasteiger partial charge >= 0.3 is 0 Å². The zero-order valence-corrected chi connectivity index (χ0v) is 16.3. The molecular formula is C21H40O2. The van der Waals surface area contributed by atoms with Crippen LogP contribution in [0.1, 0.15) is 92.4 Å². The fourth-order valence-corrected chi connectivity index (χ4v) is 3.04. The summed E-state index contributed by atoms with van der Waals surface area (Å²) in [7, 11) is 0. The third-order valence-electron chi connectivity index (χ3n) is 4.74. The number of allylic oxidation sites excluding steroid dienone is 1. The maximum absolute atomic E-state index is 10.1. The molecule has 0 N–H and O–H groups in total. The van der Waals surface area contributed by atoms with E-state index in [0.717, 1.165) is 24.2 Å². The van der Waals surface area contributed by atoms with Gasteiger partial charge in [0, 0.05) is 0 Å². The van der Waals surface area contributed by atoms with E-state index >= 15 is 0 Å². The minimum absolute atomic E-state index is 0.416. The third kappa shape index (κ3) is 15.9. The minimum atomic E-state index is 0.416. The van der Waals surface area contributed by atoms with Crippen LogP contribution in [0.15, 0.2) is 11.6 Å². The van der Waals surface area contributed by atoms with Gasteiger partial charge < -0.3 is 4.74 Å². The fraction of sp³-hybridized carbons (Fsp3) is 0.857. The van der Waals surface area contributed by atoms with Gasteiger partial charge in [-0.15, -0.1) is 0 Å². The molecule has 2 atom stereocenters. The summed E-state index contributed by atoms with van der Waals surface area (Å²) in [5.74, 6) is 2.57. The van der Waals surface area contributed by atoms with Crippen LogP contribution in [0, 0.1) is 17.8 Å². The highest BCUT2D eigenvalue weighted by molar-refractivity contribution is 5.37. The van der Waals surface area contributed by atoms with Crippen molar-refractivity contribution in [2.75, 3.05) is 6.61 Å². The average Bonchev–Trinajstić information content (AvgIpc) is 2.47. The Bertz CT molecular complexity index is 307. The molecule has 0 aliphatic carbocycles. The number of rotatable bonds is 15. The van der Waals surface area contributed by atoms with E-state index in [4.69, 9.17) is 4.74 Å². The van der Waals surface area contributed by atoms with Crippen molar-refractivity contribution in [2.24, 2.45) is 17.8 Å². The van der Waals surface area contributed by atoms with Crippen molar-refractivity contribution < 1.29 is 9.53 Å². The molecule has 0 saturated heterocycles. The van der Waals surface area contributed by atoms with Crippen molar-refractivity contribution in [2.45, 2.75) is 92.4 Å². The Balaban J connectivity index is 3.57. The molecule has 0 heterocycles. The van der Waals surface area contributed by atoms with Gasteiger partial charge in [0.25, 0.3) is 6.47 Å². The van der Waals surface area contributed by atoms with E-state index in [0.29, 0.717) is 13.1 Å². The van der Waals surface area contributed by atoms with Crippen molar-refractivity contribution in [1.82, 2.24) is 0 Å². The first-order valence-electron chi connectivity index (χ1n) is 9.66. The Labute approximate surface area is 145 Å². The number of ether oxygens (including phenoxy) is 1. The van der Waals surface area contributed by atoms with Crippen LogP contribution in [-0.2, 0) is 9.53 Å². The zero-order chi connectivity index (χ0) is 17.5. The predicted molar refractivity (Wildman–Crippen MR) is 100 cm³/mol. The van der Waals surface area contributed by atoms with Crippen LogP contribution in [0.2, 0.25) is 0 Å². The highest BCUT2D eigenvalue weighted by Crippen LogP contribution is 2.21. The zero-order valence-electron chi connectivity index (χ0n) is 16.3. The van der Waals surface area contributed by atoms with E-state index in [1.807, 2.05) is 6.08 Å². The largest absolute Gasteiger partial charge is 0.464 e. The first kappa shape index (κ1) is 22.2. The molecule has 2 nitrogen and oxygen atoms in total. The summed E-state index contributed by atoms with van der Waals surface area (Å²) < 4.78 is 4.69. The monoisotopic (exact) mass is 324 g/mol. The molecule has 0 unspecified atom stereocenters. The van der Waals surface area contributed by atoms with Gasteiger partial charge in [0.1, 0.15) is 6.61 Å². The van der Waals surface area contributed by atoms with Gasteiger partial charge in [0.2, 0.25) is 0 Å². The first-order valence-corrected chi connectivity index (χ1v) is 9.66. The lowest BCUT2D eigenvalue weighted by Crippen LogP contribution is -2.00. The second kappa shape index (κ2) is 14.8. The summed E-state index contributed by atoms with van der Waals surface area (Å²) in [4.78, 5) is 10.1. The van der Waals surface area contributed by atoms with Gasteiger partial charge in [-0.3, -0.25) is 4.79 Å². The maximum Gasteiger partial charge on any atom is 0.293 e. The number of carbonyl (C=O) groups excluding carboxylic acids is 1. The van der Waals surface area contributed by atoms with E-state index in [9.17, 15) is 4.79 Å². The van der Waals surface area contributed by atoms with Crippen LogP contribution >= 0.6 is 0 Å². The van der Waals surface area contributed by atoms with E-state index in [1.54, 1.807) is 0 Å². The lowest BCUT2D eigenvalue weighted by atomic mass is 9.91. The standard InChI is InChI=1S/C21H40O2/c1-18(2)9-6-10-19(3)11-7-12-20(4)13-8-14-21(5)15-16-23-17-22/h15,17-20H,6-14,16H2,1-5H3/b21-15+/t19-,20-/m1/s1. The lowest BCUT2D eigenvalue weighted by Gasteiger charge is -2.15. The molecule has 0 radical (unpaired) electrons. The van der Waals surface area contributed by atoms with Crippen molar-refractivity contribution in [3.63, 3.8) is 0 Å². The molecule has 23 heavy (non-hydrogen) atoms. The second-order valence-corrected chi connectivity index (χ2v) is 7.84. The van der Waals surface area contributed by atoms with Crippen molar-refractivity contribution in [3.8, 4) is 0 Å². The van der Waals surface area contributed by atoms with E-state index in [-0.39, 0.29) is 0 Å². The third-order valence-corrected chi connectivity index (χ3v) is 4.74. The second-order valence-electron chi connectivity index (χ2n) is 7.84. The van der Waals surface area contributed by atoms with Gasteiger partial charge in [-0.25, -0.2) is 0 Å². The Morgan fingerprint density at radius 3 is 1.91 bits per heavy atom. The van der Waals surface area contributed by atoms with Crippen LogP contribution in [0.3, 0.4) is 0 Å². The fourth-order valence-electron chi connectivity index (χ4n) is 3.04. The molecule has 0 aliphatic rings. The normalized spacial score (nSPS) is 14.8. The predicted octanol–water partition coefficient (Wildman–Crippen LogP) is 6.54. The molecule has 0 fully saturated rings. The molecule has 0 aromatic heterocycles. The highest BCUT2D eigenvalue weighted by atomic mass is 16.5. The van der Waals surface area contributed by atoms with Gasteiger partial charge in [0.05, 0.1) is 0 Å². The summed E-state index contributed by atoms with van der Waals surface area (Å²) >= 11 is 0. The van der Waals surface area contributed by atoms with Crippen LogP contribution in [0.5, 0.6) is 0 Å². The Morgan fingerprint density at radius 1 is 0.870 bits per heavy atom. The first-order chi connectivity index (χ1) is 11.0. The molecule has 0 spiro atoms.